The number of nitrogens with zero attached hydrogens (tertiary/aromatic N) is 2. The number of hydrogen-bond donors (Lipinski definition) is 1. The van der Waals surface area contributed by atoms with Gasteiger partial charge in [-0.15, -0.1) is 10.2 Å². The van der Waals surface area contributed by atoms with Gasteiger partial charge >= 0.3 is 0 Å². The fourth-order valence-corrected chi connectivity index (χ4v) is 3.23. The molecule has 0 radical (unpaired) electrons. The largest absolute Gasteiger partial charge is 0.316 e. The van der Waals surface area contributed by atoms with Crippen LogP contribution in [0.15, 0.2) is 22.7 Å². The third-order valence-electron chi connectivity index (χ3n) is 2.57. The number of rotatable bonds is 6. The molecular weight excluding hydrogens is 346 g/mol. The molecule has 0 fully saturated rings. The first-order chi connectivity index (χ1) is 9.20. The van der Waals surface area contributed by atoms with Gasteiger partial charge in [-0.25, -0.2) is 0 Å². The summed E-state index contributed by atoms with van der Waals surface area (Å²) < 4.78 is 0.990. The van der Waals surface area contributed by atoms with Crippen LogP contribution in [0, 0.1) is 0 Å². The van der Waals surface area contributed by atoms with Crippen LogP contribution in [0.3, 0.4) is 0 Å². The van der Waals surface area contributed by atoms with E-state index in [1.54, 1.807) is 11.3 Å². The van der Waals surface area contributed by atoms with Crippen molar-refractivity contribution in [2.24, 2.45) is 0 Å². The molecule has 2 rings (SSSR count). The van der Waals surface area contributed by atoms with Gasteiger partial charge in [-0.3, -0.25) is 0 Å². The average molecular weight is 361 g/mol. The molecule has 0 spiro atoms. The van der Waals surface area contributed by atoms with Crippen LogP contribution in [0.25, 0.3) is 10.6 Å². The van der Waals surface area contributed by atoms with Crippen LogP contribution in [-0.2, 0) is 6.42 Å². The predicted molar refractivity (Wildman–Crippen MR) is 84.9 cm³/mol. The fourth-order valence-electron chi connectivity index (χ4n) is 1.62. The van der Waals surface area contributed by atoms with Crippen LogP contribution in [0.2, 0.25) is 5.02 Å². The minimum atomic E-state index is 0.708. The number of hydrogen-bond acceptors (Lipinski definition) is 4. The highest BCUT2D eigenvalue weighted by molar-refractivity contribution is 9.10. The van der Waals surface area contributed by atoms with Crippen molar-refractivity contribution in [2.75, 3.05) is 13.1 Å². The monoisotopic (exact) mass is 359 g/mol. The van der Waals surface area contributed by atoms with Crippen LogP contribution in [0.4, 0.5) is 0 Å². The van der Waals surface area contributed by atoms with E-state index in [1.807, 2.05) is 18.2 Å². The van der Waals surface area contributed by atoms with Crippen molar-refractivity contribution in [2.45, 2.75) is 19.8 Å². The molecule has 0 unspecified atom stereocenters. The normalized spacial score (nSPS) is 10.9. The van der Waals surface area contributed by atoms with Gasteiger partial charge in [0, 0.05) is 28.0 Å². The quantitative estimate of drug-likeness (QED) is 0.786. The third-order valence-corrected chi connectivity index (χ3v) is 4.51. The summed E-state index contributed by atoms with van der Waals surface area (Å²) in [6, 6.07) is 5.69. The van der Waals surface area contributed by atoms with E-state index >= 15 is 0 Å². The minimum Gasteiger partial charge on any atom is -0.316 e. The van der Waals surface area contributed by atoms with Gasteiger partial charge < -0.3 is 5.32 Å². The SMILES string of the molecule is CCCNCCc1nnc(-c2cc(Cl)ccc2Br)s1. The van der Waals surface area contributed by atoms with Crippen LogP contribution in [0.5, 0.6) is 0 Å². The second-order valence-electron chi connectivity index (χ2n) is 4.13. The van der Waals surface area contributed by atoms with Crippen LogP contribution >= 0.6 is 38.9 Å². The van der Waals surface area contributed by atoms with Crippen molar-refractivity contribution in [3.05, 3.63) is 32.7 Å². The van der Waals surface area contributed by atoms with Gasteiger partial charge in [0.1, 0.15) is 10.0 Å². The lowest BCUT2D eigenvalue weighted by atomic mass is 10.2. The van der Waals surface area contributed by atoms with E-state index < -0.39 is 0 Å². The lowest BCUT2D eigenvalue weighted by Gasteiger charge is -2.00. The van der Waals surface area contributed by atoms with E-state index in [4.69, 9.17) is 11.6 Å². The Balaban J connectivity index is 2.06. The van der Waals surface area contributed by atoms with E-state index in [9.17, 15) is 0 Å². The Kier molecular flexibility index (Phi) is 5.76. The molecule has 0 atom stereocenters. The zero-order valence-corrected chi connectivity index (χ0v) is 13.8. The molecule has 0 amide bonds. The average Bonchev–Trinajstić information content (AvgIpc) is 2.86. The topological polar surface area (TPSA) is 37.8 Å². The first-order valence-electron chi connectivity index (χ1n) is 6.19. The van der Waals surface area contributed by atoms with E-state index in [2.05, 4.69) is 38.4 Å². The maximum Gasteiger partial charge on any atom is 0.148 e. The summed E-state index contributed by atoms with van der Waals surface area (Å²) in [7, 11) is 0. The van der Waals surface area contributed by atoms with Crippen LogP contribution in [0.1, 0.15) is 18.4 Å². The maximum absolute atomic E-state index is 6.02. The van der Waals surface area contributed by atoms with Gasteiger partial charge in [0.25, 0.3) is 0 Å². The number of nitrogens with one attached hydrogen (secondary N) is 1. The smallest absolute Gasteiger partial charge is 0.148 e. The van der Waals surface area contributed by atoms with Crippen molar-refractivity contribution in [1.29, 1.82) is 0 Å². The molecule has 3 nitrogen and oxygen atoms in total. The molecule has 102 valence electrons. The summed E-state index contributed by atoms with van der Waals surface area (Å²) >= 11 is 11.2. The lowest BCUT2D eigenvalue weighted by molar-refractivity contribution is 0.668. The molecule has 1 heterocycles. The Labute approximate surface area is 130 Å². The number of aromatic nitrogens is 2. The van der Waals surface area contributed by atoms with Crippen molar-refractivity contribution in [1.82, 2.24) is 15.5 Å². The Morgan fingerprint density at radius 1 is 1.32 bits per heavy atom. The van der Waals surface area contributed by atoms with Gasteiger partial charge in [-0.1, -0.05) is 45.8 Å². The van der Waals surface area contributed by atoms with Crippen LogP contribution in [-0.4, -0.2) is 23.3 Å². The molecule has 1 N–H and O–H groups in total. The van der Waals surface area contributed by atoms with Crippen molar-refractivity contribution < 1.29 is 0 Å². The van der Waals surface area contributed by atoms with Gasteiger partial charge in [0.15, 0.2) is 0 Å². The Hall–Kier alpha value is -0.490. The highest BCUT2D eigenvalue weighted by Crippen LogP contribution is 2.32. The maximum atomic E-state index is 6.02. The summed E-state index contributed by atoms with van der Waals surface area (Å²) in [6.07, 6.45) is 2.06. The first kappa shape index (κ1) is 14.9. The number of halogens is 2. The molecule has 1 aromatic carbocycles. The standard InChI is InChI=1S/C13H15BrClN3S/c1-2-6-16-7-5-12-17-18-13(19-12)10-8-9(15)3-4-11(10)14/h3-4,8,16H,2,5-7H2,1H3. The predicted octanol–water partition coefficient (Wildman–Crippen LogP) is 4.16. The van der Waals surface area contributed by atoms with Gasteiger partial charge in [0.05, 0.1) is 0 Å². The summed E-state index contributed by atoms with van der Waals surface area (Å²) in [4.78, 5) is 0. The third kappa shape index (κ3) is 4.24. The molecule has 19 heavy (non-hydrogen) atoms. The second kappa shape index (κ2) is 7.33. The summed E-state index contributed by atoms with van der Waals surface area (Å²) in [6.45, 7) is 4.15. The molecular formula is C13H15BrClN3S. The Morgan fingerprint density at radius 3 is 2.95 bits per heavy atom. The minimum absolute atomic E-state index is 0.708. The molecule has 0 saturated carbocycles. The van der Waals surface area contributed by atoms with Crippen molar-refractivity contribution in [3.8, 4) is 10.6 Å². The van der Waals surface area contributed by atoms with Gasteiger partial charge in [-0.05, 0) is 31.2 Å². The molecule has 0 aliphatic heterocycles. The molecule has 1 aromatic heterocycles. The molecule has 0 saturated heterocycles. The molecule has 0 bridgehead atoms. The Morgan fingerprint density at radius 2 is 2.16 bits per heavy atom. The molecule has 6 heteroatoms. The highest BCUT2D eigenvalue weighted by atomic mass is 79.9. The van der Waals surface area contributed by atoms with E-state index in [0.717, 1.165) is 46.0 Å². The van der Waals surface area contributed by atoms with Crippen molar-refractivity contribution in [3.63, 3.8) is 0 Å². The van der Waals surface area contributed by atoms with Crippen molar-refractivity contribution >= 4 is 38.9 Å². The van der Waals surface area contributed by atoms with E-state index in [-0.39, 0.29) is 0 Å². The highest BCUT2D eigenvalue weighted by Gasteiger charge is 2.10. The molecule has 0 aliphatic rings. The van der Waals surface area contributed by atoms with Gasteiger partial charge in [-0.2, -0.15) is 0 Å². The fraction of sp³-hybridized carbons (Fsp3) is 0.385. The summed E-state index contributed by atoms with van der Waals surface area (Å²) in [5.41, 5.74) is 0.998. The summed E-state index contributed by atoms with van der Waals surface area (Å²) in [5, 5.41) is 14.5. The molecule has 2 aromatic rings. The van der Waals surface area contributed by atoms with Crippen LogP contribution < -0.4 is 5.32 Å². The summed E-state index contributed by atoms with van der Waals surface area (Å²) in [5.74, 6) is 0. The van der Waals surface area contributed by atoms with Gasteiger partial charge in [0.2, 0.25) is 0 Å². The lowest BCUT2D eigenvalue weighted by Crippen LogP contribution is -2.17. The Bertz CT molecular complexity index is 544. The number of benzene rings is 1. The molecule has 0 aliphatic carbocycles. The zero-order valence-electron chi connectivity index (χ0n) is 10.6. The zero-order chi connectivity index (χ0) is 13.7. The second-order valence-corrected chi connectivity index (χ2v) is 6.48. The van der Waals surface area contributed by atoms with E-state index in [1.165, 1.54) is 0 Å². The van der Waals surface area contributed by atoms with E-state index in [0.29, 0.717) is 5.02 Å². The first-order valence-corrected chi connectivity index (χ1v) is 8.18.